The number of likely N-dealkylation sites (tertiary alicyclic amines) is 1. The molecule has 1 heterocycles. The zero-order valence-corrected chi connectivity index (χ0v) is 10.9. The molecule has 0 radical (unpaired) electrons. The van der Waals surface area contributed by atoms with E-state index >= 15 is 0 Å². The van der Waals surface area contributed by atoms with Gasteiger partial charge < -0.3 is 15.7 Å². The number of nitrogens with two attached hydrogens (primary N) is 1. The number of carbonyl (C=O) groups is 2. The van der Waals surface area contributed by atoms with E-state index in [1.807, 2.05) is 0 Å². The number of nitrogens with zero attached hydrogens (tertiary/aromatic N) is 1. The summed E-state index contributed by atoms with van der Waals surface area (Å²) in [6.07, 6.45) is 5.65. The molecular weight excluding hydrogens is 232 g/mol. The molecule has 1 aliphatic carbocycles. The summed E-state index contributed by atoms with van der Waals surface area (Å²) in [6, 6.07) is 0. The van der Waals surface area contributed by atoms with Gasteiger partial charge in [0.05, 0.1) is 5.54 Å². The lowest BCUT2D eigenvalue weighted by molar-refractivity contribution is -0.158. The average Bonchev–Trinajstić information content (AvgIpc) is 2.72. The van der Waals surface area contributed by atoms with Crippen molar-refractivity contribution >= 4 is 11.9 Å². The maximum absolute atomic E-state index is 12.6. The molecule has 1 saturated carbocycles. The van der Waals surface area contributed by atoms with Gasteiger partial charge in [0.25, 0.3) is 0 Å². The first kappa shape index (κ1) is 13.3. The minimum atomic E-state index is -1.07. The molecule has 1 atom stereocenters. The van der Waals surface area contributed by atoms with E-state index < -0.39 is 17.0 Å². The highest BCUT2D eigenvalue weighted by Gasteiger charge is 2.50. The minimum Gasteiger partial charge on any atom is -0.480 e. The van der Waals surface area contributed by atoms with Crippen LogP contribution in [0.15, 0.2) is 0 Å². The van der Waals surface area contributed by atoms with Gasteiger partial charge in [-0.2, -0.15) is 0 Å². The first-order chi connectivity index (χ1) is 8.40. The molecule has 0 bridgehead atoms. The fourth-order valence-corrected chi connectivity index (χ4v) is 3.18. The zero-order chi connectivity index (χ0) is 13.4. The molecule has 5 nitrogen and oxygen atoms in total. The van der Waals surface area contributed by atoms with E-state index in [0.29, 0.717) is 25.8 Å². The van der Waals surface area contributed by atoms with Gasteiger partial charge in [-0.25, -0.2) is 4.79 Å². The lowest BCUT2D eigenvalue weighted by Gasteiger charge is -2.40. The fraction of sp³-hybridized carbons (Fsp3) is 0.846. The highest BCUT2D eigenvalue weighted by molar-refractivity contribution is 5.92. The van der Waals surface area contributed by atoms with Crippen LogP contribution in [-0.2, 0) is 9.59 Å². The molecular formula is C13H22N2O3. The van der Waals surface area contributed by atoms with E-state index in [2.05, 4.69) is 0 Å². The molecule has 0 spiro atoms. The normalized spacial score (nSPS) is 31.3. The van der Waals surface area contributed by atoms with E-state index in [1.165, 1.54) is 4.90 Å². The van der Waals surface area contributed by atoms with Crippen LogP contribution < -0.4 is 5.73 Å². The lowest BCUT2D eigenvalue weighted by Crippen LogP contribution is -2.62. The number of hydrogen-bond donors (Lipinski definition) is 2. The number of carboxylic acids is 1. The Morgan fingerprint density at radius 2 is 1.72 bits per heavy atom. The SMILES string of the molecule is CC1(C(=O)O)CCCN1C(=O)C1(N)CCCCC1. The summed E-state index contributed by atoms with van der Waals surface area (Å²) in [4.78, 5) is 25.5. The van der Waals surface area contributed by atoms with Crippen LogP contribution in [0, 0.1) is 0 Å². The molecule has 0 aromatic heterocycles. The van der Waals surface area contributed by atoms with Gasteiger partial charge in [-0.1, -0.05) is 19.3 Å². The molecule has 1 unspecified atom stereocenters. The van der Waals surface area contributed by atoms with Gasteiger partial charge in [0.2, 0.25) is 5.91 Å². The predicted molar refractivity (Wildman–Crippen MR) is 67.0 cm³/mol. The summed E-state index contributed by atoms with van der Waals surface area (Å²) in [5, 5.41) is 9.34. The van der Waals surface area contributed by atoms with E-state index in [1.54, 1.807) is 6.92 Å². The number of hydrogen-bond acceptors (Lipinski definition) is 3. The first-order valence-corrected chi connectivity index (χ1v) is 6.74. The molecule has 102 valence electrons. The number of rotatable bonds is 2. The molecule has 0 aromatic rings. The zero-order valence-electron chi connectivity index (χ0n) is 10.9. The second kappa shape index (κ2) is 4.53. The van der Waals surface area contributed by atoms with E-state index in [0.717, 1.165) is 25.7 Å². The topological polar surface area (TPSA) is 83.6 Å². The third kappa shape index (κ3) is 2.00. The van der Waals surface area contributed by atoms with Gasteiger partial charge in [0, 0.05) is 6.54 Å². The Morgan fingerprint density at radius 3 is 2.28 bits per heavy atom. The smallest absolute Gasteiger partial charge is 0.329 e. The van der Waals surface area contributed by atoms with Crippen LogP contribution in [0.1, 0.15) is 51.9 Å². The Hall–Kier alpha value is -1.10. The fourth-order valence-electron chi connectivity index (χ4n) is 3.18. The molecule has 2 fully saturated rings. The molecule has 2 aliphatic rings. The van der Waals surface area contributed by atoms with E-state index in [9.17, 15) is 14.7 Å². The number of carboxylic acid groups (broad SMARTS) is 1. The van der Waals surface area contributed by atoms with Gasteiger partial charge in [0.1, 0.15) is 5.54 Å². The second-order valence-corrected chi connectivity index (χ2v) is 5.86. The molecule has 18 heavy (non-hydrogen) atoms. The standard InChI is InChI=1S/C13H22N2O3/c1-12(11(17)18)6-5-9-15(12)10(16)13(14)7-3-2-4-8-13/h2-9,14H2,1H3,(H,17,18). The maximum atomic E-state index is 12.6. The van der Waals surface area contributed by atoms with E-state index in [-0.39, 0.29) is 5.91 Å². The lowest BCUT2D eigenvalue weighted by atomic mass is 9.80. The second-order valence-electron chi connectivity index (χ2n) is 5.86. The largest absolute Gasteiger partial charge is 0.480 e. The number of amides is 1. The summed E-state index contributed by atoms with van der Waals surface area (Å²) in [5.41, 5.74) is 4.32. The van der Waals surface area contributed by atoms with Gasteiger partial charge in [-0.3, -0.25) is 4.79 Å². The maximum Gasteiger partial charge on any atom is 0.329 e. The van der Waals surface area contributed by atoms with Gasteiger partial charge in [0.15, 0.2) is 0 Å². The average molecular weight is 254 g/mol. The monoisotopic (exact) mass is 254 g/mol. The Bertz CT molecular complexity index is 363. The van der Waals surface area contributed by atoms with Crippen LogP contribution in [0.4, 0.5) is 0 Å². The van der Waals surface area contributed by atoms with Crippen LogP contribution in [0.25, 0.3) is 0 Å². The summed E-state index contributed by atoms with van der Waals surface area (Å²) in [7, 11) is 0. The van der Waals surface area contributed by atoms with Crippen molar-refractivity contribution in [2.75, 3.05) is 6.54 Å². The summed E-state index contributed by atoms with van der Waals surface area (Å²) >= 11 is 0. The Kier molecular flexibility index (Phi) is 3.36. The molecule has 1 amide bonds. The minimum absolute atomic E-state index is 0.162. The van der Waals surface area contributed by atoms with Crippen molar-refractivity contribution in [2.24, 2.45) is 5.73 Å². The van der Waals surface area contributed by atoms with Crippen LogP contribution >= 0.6 is 0 Å². The summed E-state index contributed by atoms with van der Waals surface area (Å²) in [6.45, 7) is 2.15. The molecule has 5 heteroatoms. The Morgan fingerprint density at radius 1 is 1.11 bits per heavy atom. The summed E-state index contributed by atoms with van der Waals surface area (Å²) in [5.74, 6) is -1.09. The predicted octanol–water partition coefficient (Wildman–Crippen LogP) is 1.11. The van der Waals surface area contributed by atoms with Crippen LogP contribution in [0.3, 0.4) is 0 Å². The van der Waals surface area contributed by atoms with Crippen LogP contribution in [0.2, 0.25) is 0 Å². The third-order valence-electron chi connectivity index (χ3n) is 4.52. The summed E-state index contributed by atoms with van der Waals surface area (Å²) < 4.78 is 0. The molecule has 1 aliphatic heterocycles. The van der Waals surface area contributed by atoms with Gasteiger partial charge >= 0.3 is 5.97 Å². The molecule has 1 saturated heterocycles. The van der Waals surface area contributed by atoms with Gasteiger partial charge in [-0.05, 0) is 32.6 Å². The Balaban J connectivity index is 2.20. The van der Waals surface area contributed by atoms with Crippen molar-refractivity contribution in [2.45, 2.75) is 62.9 Å². The van der Waals surface area contributed by atoms with Crippen LogP contribution in [-0.4, -0.2) is 39.5 Å². The quantitative estimate of drug-likeness (QED) is 0.773. The van der Waals surface area contributed by atoms with Crippen molar-refractivity contribution < 1.29 is 14.7 Å². The van der Waals surface area contributed by atoms with Gasteiger partial charge in [-0.15, -0.1) is 0 Å². The highest BCUT2D eigenvalue weighted by atomic mass is 16.4. The highest BCUT2D eigenvalue weighted by Crippen LogP contribution is 2.35. The molecule has 2 rings (SSSR count). The van der Waals surface area contributed by atoms with Crippen molar-refractivity contribution in [1.29, 1.82) is 0 Å². The number of aliphatic carboxylic acids is 1. The number of carbonyl (C=O) groups excluding carboxylic acids is 1. The van der Waals surface area contributed by atoms with E-state index in [4.69, 9.17) is 5.73 Å². The van der Waals surface area contributed by atoms with Crippen molar-refractivity contribution in [3.05, 3.63) is 0 Å². The third-order valence-corrected chi connectivity index (χ3v) is 4.52. The van der Waals surface area contributed by atoms with Crippen molar-refractivity contribution in [3.8, 4) is 0 Å². The first-order valence-electron chi connectivity index (χ1n) is 6.74. The molecule has 3 N–H and O–H groups in total. The Labute approximate surface area is 107 Å². The van der Waals surface area contributed by atoms with Crippen LogP contribution in [0.5, 0.6) is 0 Å². The molecule has 0 aromatic carbocycles. The van der Waals surface area contributed by atoms with Crippen molar-refractivity contribution in [3.63, 3.8) is 0 Å². The van der Waals surface area contributed by atoms with Crippen molar-refractivity contribution in [1.82, 2.24) is 4.90 Å².